The molecule has 4 heteroatoms. The summed E-state index contributed by atoms with van der Waals surface area (Å²) >= 11 is 0. The normalized spacial score (nSPS) is 11.6. The molecule has 76 valence electrons. The van der Waals surface area contributed by atoms with E-state index in [-0.39, 0.29) is 6.61 Å². The molecule has 0 bridgehead atoms. The summed E-state index contributed by atoms with van der Waals surface area (Å²) in [5.74, 6) is 0.749. The lowest BCUT2D eigenvalue weighted by atomic mass is 10.2. The second-order valence-corrected chi connectivity index (χ2v) is 3.14. The van der Waals surface area contributed by atoms with Crippen molar-refractivity contribution in [3.8, 4) is 0 Å². The van der Waals surface area contributed by atoms with Crippen LogP contribution in [0.4, 0.5) is 0 Å². The standard InChI is InChI=1S/C10H14N2O2/c1-4-8(5-7(2)3)10-11-9(6-13)12-14-10/h4-5,13H,6H2,1-3H3. The van der Waals surface area contributed by atoms with Gasteiger partial charge < -0.3 is 9.63 Å². The van der Waals surface area contributed by atoms with Crippen LogP contribution in [0.1, 0.15) is 32.5 Å². The van der Waals surface area contributed by atoms with Gasteiger partial charge in [0.25, 0.3) is 5.89 Å². The number of nitrogens with zero attached hydrogens (tertiary/aromatic N) is 2. The van der Waals surface area contributed by atoms with E-state index in [1.165, 1.54) is 0 Å². The van der Waals surface area contributed by atoms with Gasteiger partial charge >= 0.3 is 0 Å². The first kappa shape index (κ1) is 10.7. The van der Waals surface area contributed by atoms with E-state index in [0.29, 0.717) is 11.7 Å². The maximum atomic E-state index is 8.77. The highest BCUT2D eigenvalue weighted by atomic mass is 16.5. The predicted molar refractivity (Wildman–Crippen MR) is 53.3 cm³/mol. The number of aromatic nitrogens is 2. The fourth-order valence-electron chi connectivity index (χ4n) is 1.01. The highest BCUT2D eigenvalue weighted by molar-refractivity contribution is 5.68. The van der Waals surface area contributed by atoms with Crippen LogP contribution in [0.15, 0.2) is 22.2 Å². The Balaban J connectivity index is 2.96. The van der Waals surface area contributed by atoms with Gasteiger partial charge in [0.15, 0.2) is 5.82 Å². The molecule has 1 heterocycles. The van der Waals surface area contributed by atoms with Crippen molar-refractivity contribution < 1.29 is 9.63 Å². The smallest absolute Gasteiger partial charge is 0.257 e. The molecule has 0 saturated carbocycles. The van der Waals surface area contributed by atoms with Crippen LogP contribution >= 0.6 is 0 Å². The quantitative estimate of drug-likeness (QED) is 0.747. The molecule has 1 aromatic rings. The molecule has 0 aliphatic carbocycles. The van der Waals surface area contributed by atoms with Gasteiger partial charge in [0, 0.05) is 5.57 Å². The molecule has 1 aromatic heterocycles. The van der Waals surface area contributed by atoms with Gasteiger partial charge in [0.2, 0.25) is 0 Å². The Morgan fingerprint density at radius 1 is 1.50 bits per heavy atom. The van der Waals surface area contributed by atoms with E-state index in [9.17, 15) is 0 Å². The van der Waals surface area contributed by atoms with E-state index in [4.69, 9.17) is 9.63 Å². The summed E-state index contributed by atoms with van der Waals surface area (Å²) < 4.78 is 4.98. The maximum absolute atomic E-state index is 8.77. The summed E-state index contributed by atoms with van der Waals surface area (Å²) in [5, 5.41) is 12.4. The molecule has 0 saturated heterocycles. The fourth-order valence-corrected chi connectivity index (χ4v) is 1.01. The molecule has 0 unspecified atom stereocenters. The van der Waals surface area contributed by atoms with Crippen molar-refractivity contribution >= 4 is 5.57 Å². The number of aliphatic hydroxyl groups is 1. The highest BCUT2D eigenvalue weighted by Gasteiger charge is 2.07. The highest BCUT2D eigenvalue weighted by Crippen LogP contribution is 2.15. The monoisotopic (exact) mass is 194 g/mol. The Hall–Kier alpha value is -1.42. The minimum Gasteiger partial charge on any atom is -0.388 e. The molecule has 0 atom stereocenters. The minimum absolute atomic E-state index is 0.199. The van der Waals surface area contributed by atoms with Gasteiger partial charge in [-0.3, -0.25) is 0 Å². The van der Waals surface area contributed by atoms with E-state index in [0.717, 1.165) is 11.1 Å². The van der Waals surface area contributed by atoms with Crippen molar-refractivity contribution in [2.24, 2.45) is 0 Å². The Kier molecular flexibility index (Phi) is 3.59. The van der Waals surface area contributed by atoms with Crippen molar-refractivity contribution in [3.63, 3.8) is 0 Å². The van der Waals surface area contributed by atoms with Gasteiger partial charge in [-0.05, 0) is 20.8 Å². The van der Waals surface area contributed by atoms with Gasteiger partial charge in [-0.25, -0.2) is 0 Å². The van der Waals surface area contributed by atoms with E-state index in [2.05, 4.69) is 10.1 Å². The fraction of sp³-hybridized carbons (Fsp3) is 0.400. The van der Waals surface area contributed by atoms with Crippen LogP contribution in [-0.4, -0.2) is 15.2 Å². The number of hydrogen-bond acceptors (Lipinski definition) is 4. The third-order valence-corrected chi connectivity index (χ3v) is 1.61. The second kappa shape index (κ2) is 4.72. The van der Waals surface area contributed by atoms with Gasteiger partial charge in [-0.1, -0.05) is 22.9 Å². The molecule has 1 rings (SSSR count). The third-order valence-electron chi connectivity index (χ3n) is 1.61. The number of hydrogen-bond donors (Lipinski definition) is 1. The Morgan fingerprint density at radius 2 is 2.21 bits per heavy atom. The average molecular weight is 194 g/mol. The van der Waals surface area contributed by atoms with Gasteiger partial charge in [0.05, 0.1) is 0 Å². The van der Waals surface area contributed by atoms with Crippen molar-refractivity contribution in [2.75, 3.05) is 0 Å². The molecule has 0 spiro atoms. The molecule has 0 radical (unpaired) electrons. The van der Waals surface area contributed by atoms with Crippen LogP contribution in [0.5, 0.6) is 0 Å². The molecule has 0 aliphatic rings. The van der Waals surface area contributed by atoms with Crippen LogP contribution in [0.25, 0.3) is 5.57 Å². The van der Waals surface area contributed by atoms with E-state index >= 15 is 0 Å². The number of allylic oxidation sites excluding steroid dienone is 4. The lowest BCUT2D eigenvalue weighted by molar-refractivity contribution is 0.263. The molecular weight excluding hydrogens is 180 g/mol. The molecule has 14 heavy (non-hydrogen) atoms. The molecule has 0 fully saturated rings. The summed E-state index contributed by atoms with van der Waals surface area (Å²) in [6.07, 6.45) is 3.84. The zero-order valence-electron chi connectivity index (χ0n) is 8.61. The number of rotatable bonds is 3. The van der Waals surface area contributed by atoms with Crippen molar-refractivity contribution in [3.05, 3.63) is 29.4 Å². The first-order valence-electron chi connectivity index (χ1n) is 4.42. The van der Waals surface area contributed by atoms with Gasteiger partial charge in [0.1, 0.15) is 6.61 Å². The van der Waals surface area contributed by atoms with Crippen molar-refractivity contribution in [1.82, 2.24) is 10.1 Å². The zero-order valence-corrected chi connectivity index (χ0v) is 8.61. The van der Waals surface area contributed by atoms with Crippen LogP contribution < -0.4 is 0 Å². The predicted octanol–water partition coefficient (Wildman–Crippen LogP) is 1.93. The SMILES string of the molecule is CC=C(C=C(C)C)c1nc(CO)no1. The first-order chi connectivity index (χ1) is 6.67. The van der Waals surface area contributed by atoms with Crippen LogP contribution in [0, 0.1) is 0 Å². The summed E-state index contributed by atoms with van der Waals surface area (Å²) in [6, 6.07) is 0. The first-order valence-corrected chi connectivity index (χ1v) is 4.42. The number of aliphatic hydroxyl groups excluding tert-OH is 1. The van der Waals surface area contributed by atoms with Crippen LogP contribution in [0.3, 0.4) is 0 Å². The van der Waals surface area contributed by atoms with E-state index < -0.39 is 0 Å². The van der Waals surface area contributed by atoms with Crippen molar-refractivity contribution in [1.29, 1.82) is 0 Å². The van der Waals surface area contributed by atoms with Crippen LogP contribution in [-0.2, 0) is 6.61 Å². The molecule has 0 aliphatic heterocycles. The lowest BCUT2D eigenvalue weighted by Gasteiger charge is -1.94. The summed E-state index contributed by atoms with van der Waals surface area (Å²) in [6.45, 7) is 5.69. The maximum Gasteiger partial charge on any atom is 0.257 e. The molecular formula is C10H14N2O2. The van der Waals surface area contributed by atoms with Gasteiger partial charge in [-0.2, -0.15) is 4.98 Å². The Morgan fingerprint density at radius 3 is 2.64 bits per heavy atom. The van der Waals surface area contributed by atoms with Gasteiger partial charge in [-0.15, -0.1) is 0 Å². The summed E-state index contributed by atoms with van der Waals surface area (Å²) in [7, 11) is 0. The van der Waals surface area contributed by atoms with E-state index in [1.807, 2.05) is 32.9 Å². The third kappa shape index (κ3) is 2.53. The Labute approximate surface area is 83.0 Å². The minimum atomic E-state index is -0.199. The van der Waals surface area contributed by atoms with E-state index in [1.54, 1.807) is 0 Å². The van der Waals surface area contributed by atoms with Crippen LogP contribution in [0.2, 0.25) is 0 Å². The molecule has 0 aromatic carbocycles. The second-order valence-electron chi connectivity index (χ2n) is 3.14. The topological polar surface area (TPSA) is 59.2 Å². The molecule has 4 nitrogen and oxygen atoms in total. The Bertz CT molecular complexity index is 360. The summed E-state index contributed by atoms with van der Waals surface area (Å²) in [5.41, 5.74) is 2.03. The molecule has 0 amide bonds. The van der Waals surface area contributed by atoms with Crippen molar-refractivity contribution in [2.45, 2.75) is 27.4 Å². The molecule has 1 N–H and O–H groups in total. The average Bonchev–Trinajstić information content (AvgIpc) is 2.62. The zero-order chi connectivity index (χ0) is 10.6. The lowest BCUT2D eigenvalue weighted by Crippen LogP contribution is -1.86. The summed E-state index contributed by atoms with van der Waals surface area (Å²) in [4.78, 5) is 4.01. The largest absolute Gasteiger partial charge is 0.388 e.